The van der Waals surface area contributed by atoms with Gasteiger partial charge in [0.1, 0.15) is 11.6 Å². The van der Waals surface area contributed by atoms with E-state index in [0.717, 1.165) is 0 Å². The molecule has 0 aliphatic carbocycles. The Morgan fingerprint density at radius 2 is 2.12 bits per heavy atom. The van der Waals surface area contributed by atoms with E-state index in [2.05, 4.69) is 21.1 Å². The Kier molecular flexibility index (Phi) is 3.16. The van der Waals surface area contributed by atoms with E-state index in [4.69, 9.17) is 5.73 Å². The van der Waals surface area contributed by atoms with Crippen molar-refractivity contribution in [3.8, 4) is 11.3 Å². The highest BCUT2D eigenvalue weighted by molar-refractivity contribution is 6.20. The van der Waals surface area contributed by atoms with Crippen LogP contribution in [0.2, 0.25) is 0 Å². The van der Waals surface area contributed by atoms with Crippen LogP contribution >= 0.6 is 0 Å². The maximum Gasteiger partial charge on any atom is 0.199 e. The van der Waals surface area contributed by atoms with Crippen LogP contribution < -0.4 is 5.73 Å². The number of nitrogens with two attached hydrogens (primary N) is 1. The number of pyridine rings is 1. The number of benzene rings is 1. The third kappa shape index (κ3) is 2.16. The van der Waals surface area contributed by atoms with Crippen LogP contribution in [0, 0.1) is 12.0 Å². The van der Waals surface area contributed by atoms with Crippen molar-refractivity contribution in [2.45, 2.75) is 0 Å². The van der Waals surface area contributed by atoms with Gasteiger partial charge in [-0.25, -0.2) is 4.39 Å². The number of carbonyl (C=O) groups is 1. The van der Waals surface area contributed by atoms with Gasteiger partial charge in [-0.05, 0) is 30.3 Å². The molecule has 0 saturated carbocycles. The van der Waals surface area contributed by atoms with Gasteiger partial charge in [0.05, 0.1) is 17.5 Å². The van der Waals surface area contributed by atoms with Gasteiger partial charge in [-0.2, -0.15) is 0 Å². The quantitative estimate of drug-likeness (QED) is 0.506. The highest BCUT2D eigenvalue weighted by Crippen LogP contribution is 2.30. The number of aromatic nitrogens is 3. The third-order valence-corrected chi connectivity index (χ3v) is 3.88. The van der Waals surface area contributed by atoms with Gasteiger partial charge in [0.25, 0.3) is 0 Å². The Balaban J connectivity index is 1.89. The summed E-state index contributed by atoms with van der Waals surface area (Å²) in [6.45, 7) is 0. The molecule has 3 aromatic heterocycles. The first-order valence-electron chi connectivity index (χ1n) is 7.27. The van der Waals surface area contributed by atoms with Crippen LogP contribution in [0.15, 0.2) is 48.8 Å². The second-order valence-electron chi connectivity index (χ2n) is 5.35. The second kappa shape index (κ2) is 5.34. The number of fused-ring (bicyclic) bond motifs is 1. The molecule has 4 rings (SSSR count). The van der Waals surface area contributed by atoms with E-state index in [-0.39, 0.29) is 17.2 Å². The number of nitrogens with zero attached hydrogens (tertiary/aromatic N) is 1. The lowest BCUT2D eigenvalue weighted by molar-refractivity contribution is 0.104. The molecule has 1 radical (unpaired) electrons. The van der Waals surface area contributed by atoms with Gasteiger partial charge in [-0.15, -0.1) is 0 Å². The van der Waals surface area contributed by atoms with Gasteiger partial charge < -0.3 is 15.7 Å². The summed E-state index contributed by atoms with van der Waals surface area (Å²) in [5.41, 5.74) is 8.32. The number of ketones is 1. The van der Waals surface area contributed by atoms with E-state index in [9.17, 15) is 9.18 Å². The summed E-state index contributed by atoms with van der Waals surface area (Å²) >= 11 is 0. The lowest BCUT2D eigenvalue weighted by Gasteiger charge is -2.04. The van der Waals surface area contributed by atoms with E-state index in [1.165, 1.54) is 12.1 Å². The molecule has 0 atom stereocenters. The Labute approximate surface area is 136 Å². The first-order chi connectivity index (χ1) is 11.6. The smallest absolute Gasteiger partial charge is 0.199 e. The van der Waals surface area contributed by atoms with Gasteiger partial charge in [0.15, 0.2) is 5.78 Å². The molecule has 1 aromatic carbocycles. The minimum absolute atomic E-state index is 0.200. The molecular weight excluding hydrogens is 307 g/mol. The summed E-state index contributed by atoms with van der Waals surface area (Å²) in [6.07, 6.45) is 6.06. The second-order valence-corrected chi connectivity index (χ2v) is 5.35. The van der Waals surface area contributed by atoms with E-state index >= 15 is 0 Å². The molecule has 0 amide bonds. The van der Waals surface area contributed by atoms with Crippen molar-refractivity contribution in [1.29, 1.82) is 0 Å². The minimum Gasteiger partial charge on any atom is -0.385 e. The molecule has 5 nitrogen and oxygen atoms in total. The molecule has 24 heavy (non-hydrogen) atoms. The lowest BCUT2D eigenvalue weighted by atomic mass is 9.99. The highest BCUT2D eigenvalue weighted by Gasteiger charge is 2.23. The molecule has 0 aliphatic rings. The molecular formula is C18H12FN4O. The van der Waals surface area contributed by atoms with Gasteiger partial charge >= 0.3 is 0 Å². The van der Waals surface area contributed by atoms with E-state index in [0.29, 0.717) is 27.7 Å². The zero-order valence-corrected chi connectivity index (χ0v) is 12.4. The molecule has 6 heteroatoms. The van der Waals surface area contributed by atoms with Gasteiger partial charge in [0.2, 0.25) is 0 Å². The molecule has 0 saturated heterocycles. The van der Waals surface area contributed by atoms with Crippen LogP contribution in [-0.2, 0) is 0 Å². The fraction of sp³-hybridized carbons (Fsp3) is 0. The Hall–Kier alpha value is -3.41. The number of rotatable bonds is 3. The van der Waals surface area contributed by atoms with Crippen molar-refractivity contribution in [2.24, 2.45) is 0 Å². The van der Waals surface area contributed by atoms with Gasteiger partial charge in [0, 0.05) is 34.4 Å². The maximum atomic E-state index is 13.6. The van der Waals surface area contributed by atoms with Crippen LogP contribution in [-0.4, -0.2) is 20.7 Å². The van der Waals surface area contributed by atoms with Crippen molar-refractivity contribution in [3.05, 3.63) is 71.9 Å². The minimum atomic E-state index is -0.408. The first kappa shape index (κ1) is 14.2. The number of carbonyl (C=O) groups excluding carboxylic acids is 1. The van der Waals surface area contributed by atoms with Crippen molar-refractivity contribution in [1.82, 2.24) is 15.0 Å². The Bertz CT molecular complexity index is 1050. The molecule has 117 valence electrons. The number of nitrogen functional groups attached to an aromatic ring is 1. The van der Waals surface area contributed by atoms with Crippen LogP contribution in [0.1, 0.15) is 15.9 Å². The maximum absolute atomic E-state index is 13.6. The number of anilines is 1. The van der Waals surface area contributed by atoms with Crippen LogP contribution in [0.5, 0.6) is 0 Å². The molecule has 0 spiro atoms. The lowest BCUT2D eigenvalue weighted by Crippen LogP contribution is -2.05. The highest BCUT2D eigenvalue weighted by atomic mass is 19.1. The summed E-state index contributed by atoms with van der Waals surface area (Å²) in [4.78, 5) is 23.0. The number of H-pyrrole nitrogens is 2. The largest absolute Gasteiger partial charge is 0.385 e. The van der Waals surface area contributed by atoms with Crippen LogP contribution in [0.4, 0.5) is 10.2 Å². The Morgan fingerprint density at radius 1 is 1.25 bits per heavy atom. The molecule has 4 aromatic rings. The number of hydrogen-bond donors (Lipinski definition) is 3. The predicted octanol–water partition coefficient (Wildman–Crippen LogP) is 3.31. The van der Waals surface area contributed by atoms with E-state index < -0.39 is 5.82 Å². The standard InChI is InChI=1S/C18H12FN4O/c19-10-4-5-15-11(7-10)12(8-22-15)17(24)16-13(9-23-18(16)20)14-3-1-2-6-21-14/h1-8,22-23H,20H2. The summed E-state index contributed by atoms with van der Waals surface area (Å²) in [5, 5.41) is 0.507. The molecule has 0 unspecified atom stereocenters. The summed E-state index contributed by atoms with van der Waals surface area (Å²) in [6, 6.07) is 9.62. The normalized spacial score (nSPS) is 11.0. The van der Waals surface area contributed by atoms with Gasteiger partial charge in [-0.1, -0.05) is 6.07 Å². The number of hydrogen-bond acceptors (Lipinski definition) is 3. The SMILES string of the molecule is Nc1[nH][c]c(-c2ccccn2)c1C(=O)c1c[nH]c2ccc(F)cc12. The van der Waals surface area contributed by atoms with Crippen molar-refractivity contribution in [3.63, 3.8) is 0 Å². The fourth-order valence-electron chi connectivity index (χ4n) is 2.74. The molecule has 0 aliphatic heterocycles. The average molecular weight is 319 g/mol. The fourth-order valence-corrected chi connectivity index (χ4v) is 2.74. The van der Waals surface area contributed by atoms with E-state index in [1.54, 1.807) is 30.6 Å². The average Bonchev–Trinajstić information content (AvgIpc) is 3.18. The van der Waals surface area contributed by atoms with Crippen molar-refractivity contribution >= 4 is 22.5 Å². The number of aromatic amines is 2. The van der Waals surface area contributed by atoms with Crippen LogP contribution in [0.25, 0.3) is 22.2 Å². The predicted molar refractivity (Wildman–Crippen MR) is 89.0 cm³/mol. The van der Waals surface area contributed by atoms with E-state index in [1.807, 2.05) is 6.07 Å². The van der Waals surface area contributed by atoms with Crippen molar-refractivity contribution in [2.75, 3.05) is 5.73 Å². The summed E-state index contributed by atoms with van der Waals surface area (Å²) in [5.74, 6) is -0.524. The zero-order chi connectivity index (χ0) is 16.7. The monoisotopic (exact) mass is 319 g/mol. The van der Waals surface area contributed by atoms with Crippen LogP contribution in [0.3, 0.4) is 0 Å². The zero-order valence-electron chi connectivity index (χ0n) is 12.4. The molecule has 3 heterocycles. The third-order valence-electron chi connectivity index (χ3n) is 3.88. The molecule has 4 N–H and O–H groups in total. The summed E-state index contributed by atoms with van der Waals surface area (Å²) < 4.78 is 13.6. The number of nitrogens with one attached hydrogen (secondary N) is 2. The van der Waals surface area contributed by atoms with Crippen molar-refractivity contribution < 1.29 is 9.18 Å². The topological polar surface area (TPSA) is 87.6 Å². The first-order valence-corrected chi connectivity index (χ1v) is 7.27. The Morgan fingerprint density at radius 3 is 2.92 bits per heavy atom. The molecule has 0 fully saturated rings. The summed E-state index contributed by atoms with van der Waals surface area (Å²) in [7, 11) is 0. The number of halogens is 1. The molecule has 0 bridgehead atoms. The van der Waals surface area contributed by atoms with Gasteiger partial charge in [-0.3, -0.25) is 9.78 Å².